The van der Waals surface area contributed by atoms with E-state index in [4.69, 9.17) is 10.00 Å². The zero-order valence-corrected chi connectivity index (χ0v) is 12.5. The molecule has 0 aliphatic carbocycles. The van der Waals surface area contributed by atoms with Gasteiger partial charge in [0.05, 0.1) is 17.7 Å². The van der Waals surface area contributed by atoms with Crippen molar-refractivity contribution >= 4 is 40.3 Å². The topological polar surface area (TPSA) is 50.1 Å². The number of carbonyl (C=O) groups excluding carboxylic acids is 1. The van der Waals surface area contributed by atoms with Crippen LogP contribution in [0, 0.1) is 14.9 Å². The number of thioether (sulfide) groups is 1. The second-order valence-electron chi connectivity index (χ2n) is 3.18. The van der Waals surface area contributed by atoms with Crippen molar-refractivity contribution in [2.45, 2.75) is 17.3 Å². The van der Waals surface area contributed by atoms with Gasteiger partial charge < -0.3 is 4.74 Å². The van der Waals surface area contributed by atoms with Crippen LogP contribution in [0.4, 0.5) is 13.2 Å². The van der Waals surface area contributed by atoms with Crippen LogP contribution in [0.5, 0.6) is 0 Å². The van der Waals surface area contributed by atoms with E-state index in [-0.39, 0.29) is 17.7 Å². The second-order valence-corrected chi connectivity index (χ2v) is 5.42. The molecule has 0 amide bonds. The van der Waals surface area contributed by atoms with Gasteiger partial charge in [-0.3, -0.25) is 0 Å². The number of halogens is 4. The SMILES string of the molecule is CCOC(=O)c1c(I)ccc(C#N)c1SC(F)(F)F. The van der Waals surface area contributed by atoms with Crippen molar-refractivity contribution in [1.82, 2.24) is 0 Å². The third-order valence-electron chi connectivity index (χ3n) is 1.92. The Morgan fingerprint density at radius 2 is 2.16 bits per heavy atom. The van der Waals surface area contributed by atoms with Crippen molar-refractivity contribution < 1.29 is 22.7 Å². The predicted molar refractivity (Wildman–Crippen MR) is 71.7 cm³/mol. The van der Waals surface area contributed by atoms with Gasteiger partial charge in [0.2, 0.25) is 0 Å². The van der Waals surface area contributed by atoms with E-state index in [1.807, 2.05) is 0 Å². The lowest BCUT2D eigenvalue weighted by atomic mass is 10.1. The molecule has 0 bridgehead atoms. The van der Waals surface area contributed by atoms with Gasteiger partial charge in [-0.15, -0.1) is 0 Å². The number of rotatable bonds is 3. The van der Waals surface area contributed by atoms with Gasteiger partial charge in [0.15, 0.2) is 0 Å². The molecule has 1 aromatic carbocycles. The van der Waals surface area contributed by atoms with Crippen LogP contribution in [0.1, 0.15) is 22.8 Å². The normalized spacial score (nSPS) is 10.9. The molecule has 0 atom stereocenters. The molecule has 0 heterocycles. The molecule has 102 valence electrons. The molecular weight excluding hydrogens is 394 g/mol. The first-order valence-electron chi connectivity index (χ1n) is 4.95. The maximum Gasteiger partial charge on any atom is 0.446 e. The van der Waals surface area contributed by atoms with E-state index in [0.29, 0.717) is 3.57 Å². The first-order chi connectivity index (χ1) is 8.80. The Hall–Kier alpha value is -0.950. The molecule has 1 aromatic rings. The van der Waals surface area contributed by atoms with Gasteiger partial charge in [0, 0.05) is 8.47 Å². The minimum atomic E-state index is -4.59. The Morgan fingerprint density at radius 1 is 1.53 bits per heavy atom. The highest BCUT2D eigenvalue weighted by atomic mass is 127. The highest BCUT2D eigenvalue weighted by Gasteiger charge is 2.34. The fourth-order valence-electron chi connectivity index (χ4n) is 1.26. The van der Waals surface area contributed by atoms with E-state index >= 15 is 0 Å². The summed E-state index contributed by atoms with van der Waals surface area (Å²) in [6, 6.07) is 4.31. The molecule has 0 N–H and O–H groups in total. The fourth-order valence-corrected chi connectivity index (χ4v) is 2.87. The summed E-state index contributed by atoms with van der Waals surface area (Å²) in [6.45, 7) is 1.59. The molecule has 0 fully saturated rings. The van der Waals surface area contributed by atoms with Crippen LogP contribution in [-0.4, -0.2) is 18.1 Å². The van der Waals surface area contributed by atoms with Gasteiger partial charge in [-0.2, -0.15) is 18.4 Å². The quantitative estimate of drug-likeness (QED) is 0.437. The van der Waals surface area contributed by atoms with Crippen molar-refractivity contribution in [1.29, 1.82) is 5.26 Å². The van der Waals surface area contributed by atoms with Crippen LogP contribution in [0.25, 0.3) is 0 Å². The number of hydrogen-bond acceptors (Lipinski definition) is 4. The zero-order chi connectivity index (χ0) is 14.6. The average molecular weight is 401 g/mol. The molecule has 8 heteroatoms. The van der Waals surface area contributed by atoms with Crippen LogP contribution < -0.4 is 0 Å². The zero-order valence-electron chi connectivity index (χ0n) is 9.55. The minimum Gasteiger partial charge on any atom is -0.462 e. The highest BCUT2D eigenvalue weighted by molar-refractivity contribution is 14.1. The summed E-state index contributed by atoms with van der Waals surface area (Å²) in [5.74, 6) is -0.865. The molecule has 0 unspecified atom stereocenters. The Kier molecular flexibility index (Phi) is 5.49. The van der Waals surface area contributed by atoms with Crippen molar-refractivity contribution in [2.24, 2.45) is 0 Å². The van der Waals surface area contributed by atoms with Crippen molar-refractivity contribution in [3.8, 4) is 6.07 Å². The average Bonchev–Trinajstić information content (AvgIpc) is 2.27. The summed E-state index contributed by atoms with van der Waals surface area (Å²) in [5.41, 5.74) is -5.01. The van der Waals surface area contributed by atoms with Crippen molar-refractivity contribution in [3.05, 3.63) is 26.8 Å². The number of alkyl halides is 3. The summed E-state index contributed by atoms with van der Waals surface area (Å²) >= 11 is 1.25. The van der Waals surface area contributed by atoms with Gasteiger partial charge in [-0.05, 0) is 53.4 Å². The molecule has 0 aromatic heterocycles. The molecular formula is C11H7F3INO2S. The van der Waals surface area contributed by atoms with Gasteiger partial charge in [0.25, 0.3) is 0 Å². The maximum atomic E-state index is 12.5. The van der Waals surface area contributed by atoms with Crippen LogP contribution in [0.3, 0.4) is 0 Å². The molecule has 1 rings (SSSR count). The Balaban J connectivity index is 3.42. The third kappa shape index (κ3) is 4.28. The number of carbonyl (C=O) groups is 1. The highest BCUT2D eigenvalue weighted by Crippen LogP contribution is 2.41. The molecule has 0 aliphatic heterocycles. The van der Waals surface area contributed by atoms with E-state index in [1.165, 1.54) is 12.1 Å². The lowest BCUT2D eigenvalue weighted by Gasteiger charge is -2.13. The number of ether oxygens (including phenoxy) is 1. The van der Waals surface area contributed by atoms with Crippen LogP contribution in [-0.2, 0) is 4.74 Å². The summed E-state index contributed by atoms with van der Waals surface area (Å²) in [6.07, 6.45) is 0. The number of nitrogens with zero attached hydrogens (tertiary/aromatic N) is 1. The molecule has 0 saturated carbocycles. The Bertz CT molecular complexity index is 540. The van der Waals surface area contributed by atoms with Gasteiger partial charge in [-0.25, -0.2) is 4.79 Å². The second kappa shape index (κ2) is 6.47. The van der Waals surface area contributed by atoms with E-state index in [0.717, 1.165) is 0 Å². The molecule has 0 radical (unpaired) electrons. The lowest BCUT2D eigenvalue weighted by Crippen LogP contribution is -2.12. The van der Waals surface area contributed by atoms with Crippen LogP contribution in [0.15, 0.2) is 17.0 Å². The summed E-state index contributed by atoms with van der Waals surface area (Å²) < 4.78 is 42.6. The lowest BCUT2D eigenvalue weighted by molar-refractivity contribution is -0.0328. The monoisotopic (exact) mass is 401 g/mol. The minimum absolute atomic E-state index is 0.0435. The first-order valence-corrected chi connectivity index (χ1v) is 6.85. The first kappa shape index (κ1) is 16.1. The van der Waals surface area contributed by atoms with Crippen LogP contribution >= 0.6 is 34.4 Å². The van der Waals surface area contributed by atoms with Crippen molar-refractivity contribution in [3.63, 3.8) is 0 Å². The molecule has 3 nitrogen and oxygen atoms in total. The Labute approximate surface area is 125 Å². The number of nitriles is 1. The smallest absolute Gasteiger partial charge is 0.446 e. The molecule has 0 saturated heterocycles. The van der Waals surface area contributed by atoms with Gasteiger partial charge in [-0.1, -0.05) is 0 Å². The maximum absolute atomic E-state index is 12.5. The van der Waals surface area contributed by atoms with E-state index in [2.05, 4.69) is 0 Å². The molecule has 0 spiro atoms. The summed E-state index contributed by atoms with van der Waals surface area (Å²) in [4.78, 5) is 11.3. The predicted octanol–water partition coefficient (Wildman–Crippen LogP) is 3.95. The summed E-state index contributed by atoms with van der Waals surface area (Å²) in [5, 5.41) is 8.86. The number of esters is 1. The van der Waals surface area contributed by atoms with E-state index in [1.54, 1.807) is 35.6 Å². The van der Waals surface area contributed by atoms with Gasteiger partial charge in [0.1, 0.15) is 6.07 Å². The van der Waals surface area contributed by atoms with Crippen LogP contribution in [0.2, 0.25) is 0 Å². The van der Waals surface area contributed by atoms with E-state index < -0.39 is 28.1 Å². The van der Waals surface area contributed by atoms with Crippen molar-refractivity contribution in [2.75, 3.05) is 6.61 Å². The Morgan fingerprint density at radius 3 is 2.63 bits per heavy atom. The molecule has 0 aliphatic rings. The van der Waals surface area contributed by atoms with Gasteiger partial charge >= 0.3 is 11.5 Å². The van der Waals surface area contributed by atoms with E-state index in [9.17, 15) is 18.0 Å². The third-order valence-corrected chi connectivity index (χ3v) is 3.68. The summed E-state index contributed by atoms with van der Waals surface area (Å²) in [7, 11) is 0. The number of benzene rings is 1. The largest absolute Gasteiger partial charge is 0.462 e. The number of hydrogen-bond donors (Lipinski definition) is 0. The standard InChI is InChI=1S/C11H7F3INO2S/c1-2-18-10(17)8-7(15)4-3-6(5-16)9(8)19-11(12,13)14/h3-4H,2H2,1H3. The fraction of sp³-hybridized carbons (Fsp3) is 0.273. The molecule has 19 heavy (non-hydrogen) atoms.